The van der Waals surface area contributed by atoms with Gasteiger partial charge in [0.15, 0.2) is 0 Å². The molecule has 0 saturated heterocycles. The first-order chi connectivity index (χ1) is 8.46. The fourth-order valence-electron chi connectivity index (χ4n) is 2.08. The van der Waals surface area contributed by atoms with E-state index >= 15 is 0 Å². The molecule has 0 amide bonds. The van der Waals surface area contributed by atoms with Crippen LogP contribution in [0.2, 0.25) is 0 Å². The summed E-state index contributed by atoms with van der Waals surface area (Å²) in [5.74, 6) is 0. The van der Waals surface area contributed by atoms with Gasteiger partial charge >= 0.3 is 6.18 Å². The van der Waals surface area contributed by atoms with E-state index in [-0.39, 0.29) is 6.61 Å². The van der Waals surface area contributed by atoms with E-state index in [1.165, 1.54) is 0 Å². The number of hydrogen-bond donors (Lipinski definition) is 1. The van der Waals surface area contributed by atoms with Crippen molar-refractivity contribution in [3.8, 4) is 0 Å². The van der Waals surface area contributed by atoms with E-state index in [1.54, 1.807) is 6.07 Å². The van der Waals surface area contributed by atoms with Crippen LogP contribution in [0, 0.1) is 0 Å². The summed E-state index contributed by atoms with van der Waals surface area (Å²) in [7, 11) is 0. The van der Waals surface area contributed by atoms with E-state index < -0.39 is 12.8 Å². The fourth-order valence-corrected chi connectivity index (χ4v) is 2.08. The SMILES string of the molecule is Nc1ccc2c(c1)CCN2CCOCC(F)(F)F. The molecule has 0 aliphatic carbocycles. The van der Waals surface area contributed by atoms with Gasteiger partial charge in [-0.25, -0.2) is 0 Å². The molecule has 0 aromatic heterocycles. The van der Waals surface area contributed by atoms with E-state index in [1.807, 2.05) is 17.0 Å². The first kappa shape index (κ1) is 13.0. The first-order valence-electron chi connectivity index (χ1n) is 5.73. The van der Waals surface area contributed by atoms with Crippen LogP contribution >= 0.6 is 0 Å². The van der Waals surface area contributed by atoms with Crippen molar-refractivity contribution in [2.45, 2.75) is 12.6 Å². The number of nitrogens with two attached hydrogens (primary N) is 1. The minimum atomic E-state index is -4.25. The molecular formula is C12H15F3N2O. The van der Waals surface area contributed by atoms with Crippen LogP contribution in [0.25, 0.3) is 0 Å². The number of hydrogen-bond acceptors (Lipinski definition) is 3. The molecule has 2 rings (SSSR count). The minimum absolute atomic E-state index is 0.0727. The maximum atomic E-state index is 11.9. The molecule has 1 aromatic carbocycles. The summed E-state index contributed by atoms with van der Waals surface area (Å²) in [5, 5.41) is 0. The average molecular weight is 260 g/mol. The number of alkyl halides is 3. The van der Waals surface area contributed by atoms with E-state index in [0.29, 0.717) is 12.2 Å². The second-order valence-corrected chi connectivity index (χ2v) is 4.29. The summed E-state index contributed by atoms with van der Waals surface area (Å²) in [6.45, 7) is 0.153. The molecule has 0 unspecified atom stereocenters. The maximum absolute atomic E-state index is 11.9. The van der Waals surface area contributed by atoms with Crippen LogP contribution in [-0.4, -0.2) is 32.5 Å². The van der Waals surface area contributed by atoms with Crippen LogP contribution in [0.5, 0.6) is 0 Å². The van der Waals surface area contributed by atoms with Crippen molar-refractivity contribution in [1.82, 2.24) is 0 Å². The fraction of sp³-hybridized carbons (Fsp3) is 0.500. The third-order valence-corrected chi connectivity index (χ3v) is 2.87. The van der Waals surface area contributed by atoms with Gasteiger partial charge in [-0.05, 0) is 30.2 Å². The highest BCUT2D eigenvalue weighted by atomic mass is 19.4. The predicted molar refractivity (Wildman–Crippen MR) is 63.6 cm³/mol. The summed E-state index contributed by atoms with van der Waals surface area (Å²) in [6, 6.07) is 5.61. The Kier molecular flexibility index (Phi) is 3.65. The first-order valence-corrected chi connectivity index (χ1v) is 5.73. The van der Waals surface area contributed by atoms with Gasteiger partial charge in [0.05, 0.1) is 6.61 Å². The van der Waals surface area contributed by atoms with Crippen molar-refractivity contribution < 1.29 is 17.9 Å². The normalized spacial score (nSPS) is 14.9. The number of halogens is 3. The highest BCUT2D eigenvalue weighted by Crippen LogP contribution is 2.29. The molecule has 3 nitrogen and oxygen atoms in total. The molecular weight excluding hydrogens is 245 g/mol. The largest absolute Gasteiger partial charge is 0.411 e. The molecule has 0 fully saturated rings. The summed E-state index contributed by atoms with van der Waals surface area (Å²) >= 11 is 0. The second kappa shape index (κ2) is 5.06. The molecule has 100 valence electrons. The Morgan fingerprint density at radius 1 is 1.33 bits per heavy atom. The molecule has 0 spiro atoms. The average Bonchev–Trinajstić information content (AvgIpc) is 2.65. The van der Waals surface area contributed by atoms with Gasteiger partial charge in [0.25, 0.3) is 0 Å². The standard InChI is InChI=1S/C12H15F3N2O/c13-12(14,15)8-18-6-5-17-4-3-9-7-10(16)1-2-11(9)17/h1-2,7H,3-6,8,16H2. The molecule has 0 atom stereocenters. The molecule has 0 radical (unpaired) electrons. The Morgan fingerprint density at radius 3 is 2.83 bits per heavy atom. The van der Waals surface area contributed by atoms with E-state index in [0.717, 1.165) is 24.2 Å². The Labute approximate surface area is 103 Å². The number of nitrogen functional groups attached to an aromatic ring is 1. The van der Waals surface area contributed by atoms with E-state index in [2.05, 4.69) is 4.74 Å². The Morgan fingerprint density at radius 2 is 2.11 bits per heavy atom. The van der Waals surface area contributed by atoms with Crippen molar-refractivity contribution in [3.63, 3.8) is 0 Å². The van der Waals surface area contributed by atoms with Gasteiger partial charge in [-0.15, -0.1) is 0 Å². The Hall–Kier alpha value is -1.43. The topological polar surface area (TPSA) is 38.5 Å². The molecule has 18 heavy (non-hydrogen) atoms. The number of anilines is 2. The smallest absolute Gasteiger partial charge is 0.399 e. The zero-order valence-corrected chi connectivity index (χ0v) is 9.83. The summed E-state index contributed by atoms with van der Waals surface area (Å²) in [5.41, 5.74) is 8.58. The van der Waals surface area contributed by atoms with Gasteiger partial charge in [-0.3, -0.25) is 0 Å². The molecule has 1 aliphatic rings. The third kappa shape index (κ3) is 3.29. The summed E-state index contributed by atoms with van der Waals surface area (Å²) < 4.78 is 40.3. The zero-order chi connectivity index (χ0) is 13.2. The lowest BCUT2D eigenvalue weighted by Gasteiger charge is -2.19. The Bertz CT molecular complexity index is 420. The number of benzene rings is 1. The van der Waals surface area contributed by atoms with Gasteiger partial charge in [0.2, 0.25) is 0 Å². The lowest BCUT2D eigenvalue weighted by molar-refractivity contribution is -0.173. The predicted octanol–water partition coefficient (Wildman–Crippen LogP) is 2.21. The number of nitrogens with zero attached hydrogens (tertiary/aromatic N) is 1. The number of fused-ring (bicyclic) bond motifs is 1. The molecule has 2 N–H and O–H groups in total. The molecule has 1 aliphatic heterocycles. The number of rotatable bonds is 4. The van der Waals surface area contributed by atoms with E-state index in [9.17, 15) is 13.2 Å². The molecule has 0 saturated carbocycles. The zero-order valence-electron chi connectivity index (χ0n) is 9.83. The van der Waals surface area contributed by atoms with Crippen LogP contribution in [0.1, 0.15) is 5.56 Å². The third-order valence-electron chi connectivity index (χ3n) is 2.87. The quantitative estimate of drug-likeness (QED) is 0.666. The van der Waals surface area contributed by atoms with Gasteiger partial charge in [-0.2, -0.15) is 13.2 Å². The lowest BCUT2D eigenvalue weighted by atomic mass is 10.1. The highest BCUT2D eigenvalue weighted by molar-refractivity contribution is 5.62. The van der Waals surface area contributed by atoms with Crippen molar-refractivity contribution >= 4 is 11.4 Å². The van der Waals surface area contributed by atoms with Crippen LogP contribution < -0.4 is 10.6 Å². The molecule has 1 aromatic rings. The van der Waals surface area contributed by atoms with E-state index in [4.69, 9.17) is 5.73 Å². The van der Waals surface area contributed by atoms with Gasteiger partial charge < -0.3 is 15.4 Å². The molecule has 1 heterocycles. The number of ether oxygens (including phenoxy) is 1. The maximum Gasteiger partial charge on any atom is 0.411 e. The van der Waals surface area contributed by atoms with Crippen LogP contribution in [-0.2, 0) is 11.2 Å². The minimum Gasteiger partial charge on any atom is -0.399 e. The Balaban J connectivity index is 1.83. The van der Waals surface area contributed by atoms with Crippen LogP contribution in [0.3, 0.4) is 0 Å². The van der Waals surface area contributed by atoms with Gasteiger partial charge in [0.1, 0.15) is 6.61 Å². The summed E-state index contributed by atoms with van der Waals surface area (Å²) in [6.07, 6.45) is -3.38. The lowest BCUT2D eigenvalue weighted by Crippen LogP contribution is -2.27. The molecule has 6 heteroatoms. The van der Waals surface area contributed by atoms with Crippen molar-refractivity contribution in [2.75, 3.05) is 36.9 Å². The van der Waals surface area contributed by atoms with Crippen LogP contribution in [0.15, 0.2) is 18.2 Å². The van der Waals surface area contributed by atoms with Crippen LogP contribution in [0.4, 0.5) is 24.5 Å². The van der Waals surface area contributed by atoms with Crippen molar-refractivity contribution in [2.24, 2.45) is 0 Å². The molecule has 0 bridgehead atoms. The van der Waals surface area contributed by atoms with Crippen molar-refractivity contribution in [1.29, 1.82) is 0 Å². The highest BCUT2D eigenvalue weighted by Gasteiger charge is 2.27. The second-order valence-electron chi connectivity index (χ2n) is 4.29. The van der Waals surface area contributed by atoms with Crippen molar-refractivity contribution in [3.05, 3.63) is 23.8 Å². The van der Waals surface area contributed by atoms with Gasteiger partial charge in [-0.1, -0.05) is 0 Å². The summed E-state index contributed by atoms with van der Waals surface area (Å²) in [4.78, 5) is 2.02. The monoisotopic (exact) mass is 260 g/mol. The van der Waals surface area contributed by atoms with Gasteiger partial charge in [0, 0.05) is 24.5 Å².